The zero-order chi connectivity index (χ0) is 15.0. The van der Waals surface area contributed by atoms with E-state index in [1.807, 2.05) is 0 Å². The van der Waals surface area contributed by atoms with Crippen molar-refractivity contribution in [2.75, 3.05) is 36.8 Å². The standard InChI is InChI=1S/C11H18N4O4S/c1-19-6-5-13-8-11(16)14-9-3-2-4-10(7-9)15-20(12,17)18/h2-4,7,13,15H,5-6,8H2,1H3,(H,14,16)(H2,12,17,18). The summed E-state index contributed by atoms with van der Waals surface area (Å²) in [4.78, 5) is 11.6. The molecule has 0 aromatic heterocycles. The SMILES string of the molecule is COCCNCC(=O)Nc1cccc(NS(N)(=O)=O)c1. The van der Waals surface area contributed by atoms with Gasteiger partial charge in [-0.1, -0.05) is 6.07 Å². The third kappa shape index (κ3) is 7.04. The first kappa shape index (κ1) is 16.4. The van der Waals surface area contributed by atoms with Gasteiger partial charge in [0.05, 0.1) is 18.8 Å². The second-order valence-electron chi connectivity index (χ2n) is 3.95. The molecular formula is C11H18N4O4S. The van der Waals surface area contributed by atoms with Crippen LogP contribution in [0.1, 0.15) is 0 Å². The van der Waals surface area contributed by atoms with Crippen molar-refractivity contribution >= 4 is 27.5 Å². The number of carbonyl (C=O) groups excluding carboxylic acids is 1. The van der Waals surface area contributed by atoms with Crippen LogP contribution >= 0.6 is 0 Å². The molecule has 1 amide bonds. The lowest BCUT2D eigenvalue weighted by atomic mass is 10.3. The number of nitrogens with two attached hydrogens (primary N) is 1. The molecule has 1 aromatic rings. The van der Waals surface area contributed by atoms with E-state index < -0.39 is 10.2 Å². The highest BCUT2D eigenvalue weighted by Crippen LogP contribution is 2.15. The molecule has 0 saturated carbocycles. The molecule has 5 N–H and O–H groups in total. The number of ether oxygens (including phenoxy) is 1. The number of hydrogen-bond acceptors (Lipinski definition) is 5. The van der Waals surface area contributed by atoms with Crippen LogP contribution in [0, 0.1) is 0 Å². The molecule has 9 heteroatoms. The normalized spacial score (nSPS) is 11.1. The van der Waals surface area contributed by atoms with E-state index in [4.69, 9.17) is 9.88 Å². The van der Waals surface area contributed by atoms with E-state index in [-0.39, 0.29) is 18.1 Å². The van der Waals surface area contributed by atoms with Gasteiger partial charge in [0.2, 0.25) is 5.91 Å². The van der Waals surface area contributed by atoms with Gasteiger partial charge in [-0.2, -0.15) is 8.42 Å². The van der Waals surface area contributed by atoms with Crippen LogP contribution in [0.4, 0.5) is 11.4 Å². The Bertz CT molecular complexity index is 547. The van der Waals surface area contributed by atoms with Crippen LogP contribution in [0.3, 0.4) is 0 Å². The van der Waals surface area contributed by atoms with Crippen molar-refractivity contribution in [3.8, 4) is 0 Å². The first-order chi connectivity index (χ1) is 9.40. The van der Waals surface area contributed by atoms with E-state index in [1.165, 1.54) is 12.1 Å². The van der Waals surface area contributed by atoms with Gasteiger partial charge in [-0.15, -0.1) is 0 Å². The van der Waals surface area contributed by atoms with E-state index in [0.717, 1.165) is 0 Å². The molecular weight excluding hydrogens is 284 g/mol. The molecule has 0 saturated heterocycles. The lowest BCUT2D eigenvalue weighted by Gasteiger charge is -2.08. The summed E-state index contributed by atoms with van der Waals surface area (Å²) in [5.74, 6) is -0.242. The molecule has 0 aliphatic heterocycles. The van der Waals surface area contributed by atoms with E-state index in [0.29, 0.717) is 18.8 Å². The van der Waals surface area contributed by atoms with Crippen molar-refractivity contribution in [3.05, 3.63) is 24.3 Å². The summed E-state index contributed by atoms with van der Waals surface area (Å²) < 4.78 is 28.7. The minimum absolute atomic E-state index is 0.135. The van der Waals surface area contributed by atoms with Crippen LogP contribution in [0.5, 0.6) is 0 Å². The zero-order valence-corrected chi connectivity index (χ0v) is 11.9. The Morgan fingerprint density at radius 2 is 2.05 bits per heavy atom. The summed E-state index contributed by atoms with van der Waals surface area (Å²) >= 11 is 0. The molecule has 0 spiro atoms. The van der Waals surface area contributed by atoms with Crippen LogP contribution in [0.15, 0.2) is 24.3 Å². The van der Waals surface area contributed by atoms with Crippen molar-refractivity contribution in [1.29, 1.82) is 0 Å². The molecule has 0 bridgehead atoms. The highest BCUT2D eigenvalue weighted by Gasteiger charge is 2.05. The minimum Gasteiger partial charge on any atom is -0.383 e. The minimum atomic E-state index is -3.83. The van der Waals surface area contributed by atoms with Gasteiger partial charge >= 0.3 is 0 Å². The van der Waals surface area contributed by atoms with Crippen LogP contribution in [0.25, 0.3) is 0 Å². The van der Waals surface area contributed by atoms with Crippen LogP contribution in [0.2, 0.25) is 0 Å². The van der Waals surface area contributed by atoms with E-state index in [1.54, 1.807) is 19.2 Å². The quantitative estimate of drug-likeness (QED) is 0.481. The van der Waals surface area contributed by atoms with Crippen molar-refractivity contribution in [2.24, 2.45) is 5.14 Å². The fourth-order valence-electron chi connectivity index (χ4n) is 1.41. The van der Waals surface area contributed by atoms with Crippen molar-refractivity contribution in [2.45, 2.75) is 0 Å². The van der Waals surface area contributed by atoms with Gasteiger partial charge in [0.25, 0.3) is 10.2 Å². The zero-order valence-electron chi connectivity index (χ0n) is 11.0. The molecule has 112 valence electrons. The van der Waals surface area contributed by atoms with Gasteiger partial charge in [-0.3, -0.25) is 9.52 Å². The molecule has 1 aromatic carbocycles. The summed E-state index contributed by atoms with van der Waals surface area (Å²) in [7, 11) is -2.26. The first-order valence-electron chi connectivity index (χ1n) is 5.81. The summed E-state index contributed by atoms with van der Waals surface area (Å²) in [6, 6.07) is 6.23. The average molecular weight is 302 g/mol. The average Bonchev–Trinajstić information content (AvgIpc) is 2.33. The fourth-order valence-corrected chi connectivity index (χ4v) is 1.86. The molecule has 0 heterocycles. The number of methoxy groups -OCH3 is 1. The number of anilines is 2. The van der Waals surface area contributed by atoms with Crippen LogP contribution < -0.4 is 20.5 Å². The Labute approximate surface area is 117 Å². The molecule has 0 radical (unpaired) electrons. The Morgan fingerprint density at radius 3 is 2.70 bits per heavy atom. The summed E-state index contributed by atoms with van der Waals surface area (Å²) in [6.45, 7) is 1.22. The molecule has 1 rings (SSSR count). The lowest BCUT2D eigenvalue weighted by molar-refractivity contribution is -0.115. The van der Waals surface area contributed by atoms with Gasteiger partial charge < -0.3 is 15.4 Å². The number of nitrogens with one attached hydrogen (secondary N) is 3. The van der Waals surface area contributed by atoms with Gasteiger partial charge in [-0.25, -0.2) is 5.14 Å². The van der Waals surface area contributed by atoms with Crippen molar-refractivity contribution < 1.29 is 17.9 Å². The van der Waals surface area contributed by atoms with Crippen LogP contribution in [-0.2, 0) is 19.7 Å². The Morgan fingerprint density at radius 1 is 1.35 bits per heavy atom. The van der Waals surface area contributed by atoms with E-state index >= 15 is 0 Å². The molecule has 0 unspecified atom stereocenters. The highest BCUT2D eigenvalue weighted by atomic mass is 32.2. The van der Waals surface area contributed by atoms with Crippen LogP contribution in [-0.4, -0.2) is 41.1 Å². The van der Waals surface area contributed by atoms with Gasteiger partial charge in [0.1, 0.15) is 0 Å². The Hall–Kier alpha value is -1.68. The molecule has 8 nitrogen and oxygen atoms in total. The predicted molar refractivity (Wildman–Crippen MR) is 76.5 cm³/mol. The fraction of sp³-hybridized carbons (Fsp3) is 0.364. The maximum atomic E-state index is 11.6. The van der Waals surface area contributed by atoms with Crippen molar-refractivity contribution in [3.63, 3.8) is 0 Å². The van der Waals surface area contributed by atoms with Gasteiger partial charge in [-0.05, 0) is 18.2 Å². The monoisotopic (exact) mass is 302 g/mol. The third-order valence-corrected chi connectivity index (χ3v) is 2.70. The maximum absolute atomic E-state index is 11.6. The second kappa shape index (κ2) is 7.80. The predicted octanol–water partition coefficient (Wildman–Crippen LogP) is -0.523. The summed E-state index contributed by atoms with van der Waals surface area (Å²) in [6.07, 6.45) is 0. The topological polar surface area (TPSA) is 123 Å². The Balaban J connectivity index is 2.51. The molecule has 0 aliphatic carbocycles. The molecule has 0 fully saturated rings. The first-order valence-corrected chi connectivity index (χ1v) is 7.35. The largest absolute Gasteiger partial charge is 0.383 e. The smallest absolute Gasteiger partial charge is 0.296 e. The molecule has 20 heavy (non-hydrogen) atoms. The molecule has 0 aliphatic rings. The molecule has 0 atom stereocenters. The van der Waals surface area contributed by atoms with E-state index in [2.05, 4.69) is 15.4 Å². The highest BCUT2D eigenvalue weighted by molar-refractivity contribution is 7.90. The number of amides is 1. The summed E-state index contributed by atoms with van der Waals surface area (Å²) in [5, 5.41) is 10.4. The number of rotatable bonds is 8. The Kier molecular flexibility index (Phi) is 6.39. The van der Waals surface area contributed by atoms with Gasteiger partial charge in [0, 0.05) is 19.3 Å². The second-order valence-corrected chi connectivity index (χ2v) is 5.24. The van der Waals surface area contributed by atoms with Crippen molar-refractivity contribution in [1.82, 2.24) is 5.32 Å². The lowest BCUT2D eigenvalue weighted by Crippen LogP contribution is -2.30. The maximum Gasteiger partial charge on any atom is 0.296 e. The number of hydrogen-bond donors (Lipinski definition) is 4. The van der Waals surface area contributed by atoms with Gasteiger partial charge in [0.15, 0.2) is 0 Å². The third-order valence-electron chi connectivity index (χ3n) is 2.17. The number of benzene rings is 1. The summed E-state index contributed by atoms with van der Waals surface area (Å²) in [5.41, 5.74) is 0.745. The van der Waals surface area contributed by atoms with E-state index in [9.17, 15) is 13.2 Å². The number of carbonyl (C=O) groups is 1.